The van der Waals surface area contributed by atoms with Crippen molar-refractivity contribution >= 4 is 5.91 Å². The molecule has 0 radical (unpaired) electrons. The van der Waals surface area contributed by atoms with Crippen molar-refractivity contribution in [3.63, 3.8) is 0 Å². The van der Waals surface area contributed by atoms with Crippen LogP contribution in [0.25, 0.3) is 0 Å². The van der Waals surface area contributed by atoms with Gasteiger partial charge < -0.3 is 10.6 Å². The highest BCUT2D eigenvalue weighted by atomic mass is 19.4. The van der Waals surface area contributed by atoms with Crippen LogP contribution in [0.2, 0.25) is 0 Å². The molecule has 2 N–H and O–H groups in total. The van der Waals surface area contributed by atoms with Crippen molar-refractivity contribution in [2.45, 2.75) is 38.4 Å². The first-order valence-corrected chi connectivity index (χ1v) is 7.48. The van der Waals surface area contributed by atoms with Gasteiger partial charge in [-0.25, -0.2) is 0 Å². The summed E-state index contributed by atoms with van der Waals surface area (Å²) in [6, 6.07) is 5.16. The Morgan fingerprint density at radius 3 is 2.82 bits per heavy atom. The molecular formula is C16H21F3N2O. The number of amides is 1. The van der Waals surface area contributed by atoms with Gasteiger partial charge in [0.1, 0.15) is 0 Å². The molecule has 2 atom stereocenters. The van der Waals surface area contributed by atoms with Crippen molar-refractivity contribution in [2.24, 2.45) is 11.7 Å². The number of halogens is 3. The lowest BCUT2D eigenvalue weighted by Gasteiger charge is -2.32. The Bertz CT molecular complexity index is 530. The van der Waals surface area contributed by atoms with Gasteiger partial charge in [-0.1, -0.05) is 25.1 Å². The molecule has 0 aromatic heterocycles. The van der Waals surface area contributed by atoms with E-state index in [4.69, 9.17) is 5.73 Å². The minimum atomic E-state index is -4.36. The topological polar surface area (TPSA) is 46.3 Å². The zero-order chi connectivity index (χ0) is 16.3. The molecule has 3 nitrogen and oxygen atoms in total. The van der Waals surface area contributed by atoms with Crippen LogP contribution in [0.4, 0.5) is 13.2 Å². The lowest BCUT2D eigenvalue weighted by atomic mass is 9.96. The summed E-state index contributed by atoms with van der Waals surface area (Å²) in [5.74, 6) is -0.388. The Labute approximate surface area is 128 Å². The van der Waals surface area contributed by atoms with Crippen LogP contribution in [0.3, 0.4) is 0 Å². The maximum atomic E-state index is 12.7. The highest BCUT2D eigenvalue weighted by molar-refractivity contribution is 5.79. The van der Waals surface area contributed by atoms with E-state index in [1.807, 2.05) is 0 Å². The SMILES string of the molecule is C[C@@H](Cc1cccc(C(F)(F)F)c1)C(=O)N1CCC[C@H](N)C1. The van der Waals surface area contributed by atoms with Crippen LogP contribution in [0, 0.1) is 5.92 Å². The van der Waals surface area contributed by atoms with Gasteiger partial charge in [0.05, 0.1) is 5.56 Å². The standard InChI is InChI=1S/C16H21F3N2O/c1-11(15(22)21-7-3-6-14(20)10-21)8-12-4-2-5-13(9-12)16(17,18)19/h2,4-5,9,11,14H,3,6-8,10,20H2,1H3/t11-,14-/m0/s1. The molecule has 1 aromatic rings. The van der Waals surface area contributed by atoms with Crippen molar-refractivity contribution in [3.05, 3.63) is 35.4 Å². The van der Waals surface area contributed by atoms with Crippen molar-refractivity contribution in [1.29, 1.82) is 0 Å². The number of rotatable bonds is 3. The minimum absolute atomic E-state index is 0.00143. The summed E-state index contributed by atoms with van der Waals surface area (Å²) in [6.07, 6.45) is -2.27. The molecule has 1 aromatic carbocycles. The number of benzene rings is 1. The van der Waals surface area contributed by atoms with E-state index >= 15 is 0 Å². The predicted octanol–water partition coefficient (Wildman–Crippen LogP) is 2.83. The Balaban J connectivity index is 2.02. The summed E-state index contributed by atoms with van der Waals surface area (Å²) >= 11 is 0. The zero-order valence-corrected chi connectivity index (χ0v) is 12.6. The van der Waals surface area contributed by atoms with Crippen LogP contribution in [0.1, 0.15) is 30.9 Å². The molecular weight excluding hydrogens is 293 g/mol. The molecule has 0 unspecified atom stereocenters. The number of carbonyl (C=O) groups is 1. The molecule has 1 fully saturated rings. The average molecular weight is 314 g/mol. The molecule has 0 saturated carbocycles. The van der Waals surface area contributed by atoms with E-state index < -0.39 is 11.7 Å². The number of hydrogen-bond acceptors (Lipinski definition) is 2. The number of piperidine rings is 1. The summed E-state index contributed by atoms with van der Waals surface area (Å²) < 4.78 is 38.1. The van der Waals surface area contributed by atoms with E-state index in [9.17, 15) is 18.0 Å². The van der Waals surface area contributed by atoms with Crippen molar-refractivity contribution in [2.75, 3.05) is 13.1 Å². The summed E-state index contributed by atoms with van der Waals surface area (Å²) in [6.45, 7) is 2.97. The van der Waals surface area contributed by atoms with Crippen LogP contribution in [0.15, 0.2) is 24.3 Å². The smallest absolute Gasteiger partial charge is 0.341 e. The fourth-order valence-electron chi connectivity index (χ4n) is 2.84. The molecule has 0 spiro atoms. The van der Waals surface area contributed by atoms with Crippen molar-refractivity contribution in [3.8, 4) is 0 Å². The second-order valence-corrected chi connectivity index (χ2v) is 5.99. The molecule has 6 heteroatoms. The third-order valence-corrected chi connectivity index (χ3v) is 3.99. The average Bonchev–Trinajstić information content (AvgIpc) is 2.46. The number of carbonyl (C=O) groups excluding carboxylic acids is 1. The first kappa shape index (κ1) is 16.8. The minimum Gasteiger partial charge on any atom is -0.341 e. The van der Waals surface area contributed by atoms with E-state index in [0.29, 0.717) is 25.1 Å². The quantitative estimate of drug-likeness (QED) is 0.932. The van der Waals surface area contributed by atoms with Gasteiger partial charge in [0.2, 0.25) is 5.91 Å². The Morgan fingerprint density at radius 2 is 2.18 bits per heavy atom. The van der Waals surface area contributed by atoms with E-state index in [1.165, 1.54) is 6.07 Å². The third-order valence-electron chi connectivity index (χ3n) is 3.99. The maximum absolute atomic E-state index is 12.7. The van der Waals surface area contributed by atoms with Crippen LogP contribution in [0.5, 0.6) is 0 Å². The molecule has 122 valence electrons. The molecule has 1 aliphatic rings. The molecule has 2 rings (SSSR count). The Kier molecular flexibility index (Phi) is 5.11. The van der Waals surface area contributed by atoms with E-state index in [-0.39, 0.29) is 17.9 Å². The summed E-state index contributed by atoms with van der Waals surface area (Å²) in [5.41, 5.74) is 5.71. The van der Waals surface area contributed by atoms with Gasteiger partial charge in [-0.2, -0.15) is 13.2 Å². The lowest BCUT2D eigenvalue weighted by Crippen LogP contribution is -2.47. The largest absolute Gasteiger partial charge is 0.416 e. The normalized spacial score (nSPS) is 20.8. The maximum Gasteiger partial charge on any atom is 0.416 e. The fraction of sp³-hybridized carbons (Fsp3) is 0.562. The van der Waals surface area contributed by atoms with Gasteiger partial charge in [-0.05, 0) is 30.9 Å². The number of likely N-dealkylation sites (tertiary alicyclic amines) is 1. The number of nitrogens with two attached hydrogens (primary N) is 1. The lowest BCUT2D eigenvalue weighted by molar-refractivity contribution is -0.137. The number of nitrogens with zero attached hydrogens (tertiary/aromatic N) is 1. The number of hydrogen-bond donors (Lipinski definition) is 1. The second-order valence-electron chi connectivity index (χ2n) is 5.99. The molecule has 1 saturated heterocycles. The van der Waals surface area contributed by atoms with Gasteiger partial charge in [0.25, 0.3) is 0 Å². The van der Waals surface area contributed by atoms with Crippen molar-refractivity contribution < 1.29 is 18.0 Å². The predicted molar refractivity (Wildman–Crippen MR) is 78.1 cm³/mol. The molecule has 1 heterocycles. The van der Waals surface area contributed by atoms with Gasteiger partial charge in [0, 0.05) is 25.0 Å². The Hall–Kier alpha value is -1.56. The molecule has 0 bridgehead atoms. The number of alkyl halides is 3. The molecule has 1 amide bonds. The monoisotopic (exact) mass is 314 g/mol. The van der Waals surface area contributed by atoms with Crippen LogP contribution in [-0.2, 0) is 17.4 Å². The molecule has 1 aliphatic heterocycles. The van der Waals surface area contributed by atoms with Crippen LogP contribution in [-0.4, -0.2) is 29.9 Å². The Morgan fingerprint density at radius 1 is 1.45 bits per heavy atom. The van der Waals surface area contributed by atoms with Crippen molar-refractivity contribution in [1.82, 2.24) is 4.90 Å². The highest BCUT2D eigenvalue weighted by Gasteiger charge is 2.31. The molecule has 0 aliphatic carbocycles. The van der Waals surface area contributed by atoms with Gasteiger partial charge in [-0.3, -0.25) is 4.79 Å². The van der Waals surface area contributed by atoms with E-state index in [0.717, 1.165) is 25.0 Å². The van der Waals surface area contributed by atoms with E-state index in [1.54, 1.807) is 17.9 Å². The van der Waals surface area contributed by atoms with E-state index in [2.05, 4.69) is 0 Å². The fourth-order valence-corrected chi connectivity index (χ4v) is 2.84. The van der Waals surface area contributed by atoms with Gasteiger partial charge in [0.15, 0.2) is 0 Å². The summed E-state index contributed by atoms with van der Waals surface area (Å²) in [5, 5.41) is 0. The summed E-state index contributed by atoms with van der Waals surface area (Å²) in [4.78, 5) is 14.1. The highest BCUT2D eigenvalue weighted by Crippen LogP contribution is 2.30. The molecule has 22 heavy (non-hydrogen) atoms. The van der Waals surface area contributed by atoms with Crippen LogP contribution < -0.4 is 5.73 Å². The first-order chi connectivity index (χ1) is 10.3. The van der Waals surface area contributed by atoms with Gasteiger partial charge in [-0.15, -0.1) is 0 Å². The third kappa shape index (κ3) is 4.22. The second kappa shape index (κ2) is 6.69. The van der Waals surface area contributed by atoms with Gasteiger partial charge >= 0.3 is 6.18 Å². The zero-order valence-electron chi connectivity index (χ0n) is 12.6. The van der Waals surface area contributed by atoms with Crippen LogP contribution >= 0.6 is 0 Å². The summed E-state index contributed by atoms with van der Waals surface area (Å²) in [7, 11) is 0. The first-order valence-electron chi connectivity index (χ1n) is 7.48.